The van der Waals surface area contributed by atoms with Crippen molar-refractivity contribution in [2.24, 2.45) is 10.9 Å². The van der Waals surface area contributed by atoms with Crippen LogP contribution in [0.25, 0.3) is 0 Å². The topological polar surface area (TPSA) is 30.9 Å². The van der Waals surface area contributed by atoms with Crippen LogP contribution in [0.4, 0.5) is 0 Å². The van der Waals surface area contributed by atoms with Crippen molar-refractivity contribution >= 4 is 5.96 Å². The van der Waals surface area contributed by atoms with Crippen molar-refractivity contribution in [1.82, 2.24) is 15.1 Å². The molecule has 2 aliphatic heterocycles. The number of rotatable bonds is 6. The molecule has 1 aromatic carbocycles. The Bertz CT molecular complexity index is 584. The van der Waals surface area contributed by atoms with Gasteiger partial charge < -0.3 is 15.1 Å². The molecule has 3 rings (SSSR count). The van der Waals surface area contributed by atoms with E-state index in [2.05, 4.69) is 54.1 Å². The Morgan fingerprint density at radius 2 is 1.85 bits per heavy atom. The summed E-state index contributed by atoms with van der Waals surface area (Å²) in [4.78, 5) is 10.1. The summed E-state index contributed by atoms with van der Waals surface area (Å²) >= 11 is 0. The van der Waals surface area contributed by atoms with Crippen LogP contribution in [0.1, 0.15) is 42.9 Å². The van der Waals surface area contributed by atoms with Crippen molar-refractivity contribution in [3.05, 3.63) is 34.9 Å². The maximum absolute atomic E-state index is 4.93. The number of aliphatic imine (C=N–C) groups is 1. The molecule has 26 heavy (non-hydrogen) atoms. The molecular formula is C22H36N4. The summed E-state index contributed by atoms with van der Waals surface area (Å²) in [6.07, 6.45) is 5.10. The van der Waals surface area contributed by atoms with Crippen molar-refractivity contribution < 1.29 is 0 Å². The maximum Gasteiger partial charge on any atom is 0.193 e. The Balaban J connectivity index is 1.53. The largest absolute Gasteiger partial charge is 0.357 e. The number of guanidine groups is 1. The first-order chi connectivity index (χ1) is 12.6. The van der Waals surface area contributed by atoms with Crippen LogP contribution in [0.5, 0.6) is 0 Å². The molecule has 0 radical (unpaired) electrons. The molecule has 0 spiro atoms. The van der Waals surface area contributed by atoms with E-state index >= 15 is 0 Å². The quantitative estimate of drug-likeness (QED) is 0.627. The smallest absolute Gasteiger partial charge is 0.193 e. The van der Waals surface area contributed by atoms with E-state index in [1.165, 1.54) is 55.6 Å². The lowest BCUT2D eigenvalue weighted by molar-refractivity contribution is 0.281. The van der Waals surface area contributed by atoms with E-state index in [1.807, 2.05) is 0 Å². The predicted molar refractivity (Wildman–Crippen MR) is 111 cm³/mol. The lowest BCUT2D eigenvalue weighted by atomic mass is 10.1. The van der Waals surface area contributed by atoms with Gasteiger partial charge in [-0.3, -0.25) is 4.99 Å². The van der Waals surface area contributed by atoms with Crippen LogP contribution < -0.4 is 5.32 Å². The third-order valence-electron chi connectivity index (χ3n) is 5.58. The second kappa shape index (κ2) is 9.40. The van der Waals surface area contributed by atoms with Crippen molar-refractivity contribution in [1.29, 1.82) is 0 Å². The lowest BCUT2D eigenvalue weighted by Gasteiger charge is -2.23. The van der Waals surface area contributed by atoms with Gasteiger partial charge in [-0.05, 0) is 71.0 Å². The summed E-state index contributed by atoms with van der Waals surface area (Å²) < 4.78 is 0. The Morgan fingerprint density at radius 1 is 1.12 bits per heavy atom. The molecule has 1 unspecified atom stereocenters. The fraction of sp³-hybridized carbons (Fsp3) is 0.682. The van der Waals surface area contributed by atoms with Gasteiger partial charge in [-0.2, -0.15) is 0 Å². The molecule has 0 aliphatic carbocycles. The highest BCUT2D eigenvalue weighted by molar-refractivity contribution is 5.80. The predicted octanol–water partition coefficient (Wildman–Crippen LogP) is 3.23. The minimum absolute atomic E-state index is 0.802. The normalized spacial score (nSPS) is 21.6. The van der Waals surface area contributed by atoms with Gasteiger partial charge in [-0.15, -0.1) is 0 Å². The second-order valence-corrected chi connectivity index (χ2v) is 8.09. The zero-order valence-electron chi connectivity index (χ0n) is 16.9. The summed E-state index contributed by atoms with van der Waals surface area (Å²) in [7, 11) is 0. The molecule has 0 aromatic heterocycles. The zero-order chi connectivity index (χ0) is 18.4. The van der Waals surface area contributed by atoms with Crippen molar-refractivity contribution in [3.8, 4) is 0 Å². The molecular weight excluding hydrogens is 320 g/mol. The first-order valence-electron chi connectivity index (χ1n) is 10.5. The summed E-state index contributed by atoms with van der Waals surface area (Å²) in [5.74, 6) is 1.91. The third kappa shape index (κ3) is 5.47. The van der Waals surface area contributed by atoms with Crippen LogP contribution in [0.3, 0.4) is 0 Å². The molecule has 2 saturated heterocycles. The van der Waals surface area contributed by atoms with Crippen LogP contribution >= 0.6 is 0 Å². The van der Waals surface area contributed by atoms with Crippen molar-refractivity contribution in [2.45, 2.75) is 46.5 Å². The molecule has 2 aliphatic rings. The number of aryl methyl sites for hydroxylation is 2. The SMILES string of the molecule is CCNC(=NCCc1cc(C)cc(C)c1)N1CCC(CN2CCCC2)C1. The van der Waals surface area contributed by atoms with Crippen LogP contribution in [0.15, 0.2) is 23.2 Å². The van der Waals surface area contributed by atoms with Crippen LogP contribution in [-0.2, 0) is 6.42 Å². The second-order valence-electron chi connectivity index (χ2n) is 8.09. The van der Waals surface area contributed by atoms with Crippen LogP contribution in [-0.4, -0.2) is 61.6 Å². The van der Waals surface area contributed by atoms with Gasteiger partial charge >= 0.3 is 0 Å². The number of hydrogen-bond acceptors (Lipinski definition) is 2. The van der Waals surface area contributed by atoms with E-state index in [-0.39, 0.29) is 0 Å². The van der Waals surface area contributed by atoms with Gasteiger partial charge in [0.05, 0.1) is 0 Å². The Morgan fingerprint density at radius 3 is 2.54 bits per heavy atom. The highest BCUT2D eigenvalue weighted by Crippen LogP contribution is 2.20. The van der Waals surface area contributed by atoms with Crippen molar-refractivity contribution in [3.63, 3.8) is 0 Å². The van der Waals surface area contributed by atoms with Crippen molar-refractivity contribution in [2.75, 3.05) is 45.8 Å². The van der Waals surface area contributed by atoms with Crippen LogP contribution in [0.2, 0.25) is 0 Å². The molecule has 4 heteroatoms. The number of hydrogen-bond donors (Lipinski definition) is 1. The summed E-state index contributed by atoms with van der Waals surface area (Å²) in [6, 6.07) is 6.82. The average molecular weight is 357 g/mol. The van der Waals surface area contributed by atoms with Gasteiger partial charge in [0.15, 0.2) is 5.96 Å². The first-order valence-corrected chi connectivity index (χ1v) is 10.5. The van der Waals surface area contributed by atoms with E-state index in [0.29, 0.717) is 0 Å². The van der Waals surface area contributed by atoms with Gasteiger partial charge in [-0.1, -0.05) is 29.3 Å². The minimum Gasteiger partial charge on any atom is -0.357 e. The lowest BCUT2D eigenvalue weighted by Crippen LogP contribution is -2.41. The maximum atomic E-state index is 4.93. The summed E-state index contributed by atoms with van der Waals surface area (Å²) in [6.45, 7) is 14.5. The Kier molecular flexibility index (Phi) is 6.95. The highest BCUT2D eigenvalue weighted by atomic mass is 15.3. The third-order valence-corrected chi connectivity index (χ3v) is 5.58. The molecule has 1 N–H and O–H groups in total. The first kappa shape index (κ1) is 19.2. The molecule has 2 fully saturated rings. The van der Waals surface area contributed by atoms with Gasteiger partial charge in [0, 0.05) is 32.7 Å². The average Bonchev–Trinajstić information content (AvgIpc) is 3.26. The number of benzene rings is 1. The van der Waals surface area contributed by atoms with Gasteiger partial charge in [0.2, 0.25) is 0 Å². The summed E-state index contributed by atoms with van der Waals surface area (Å²) in [5.41, 5.74) is 4.09. The molecule has 144 valence electrons. The fourth-order valence-corrected chi connectivity index (χ4v) is 4.43. The number of nitrogens with one attached hydrogen (secondary N) is 1. The van der Waals surface area contributed by atoms with E-state index < -0.39 is 0 Å². The minimum atomic E-state index is 0.802. The highest BCUT2D eigenvalue weighted by Gasteiger charge is 2.27. The molecule has 1 aromatic rings. The molecule has 2 heterocycles. The van der Waals surface area contributed by atoms with E-state index in [9.17, 15) is 0 Å². The van der Waals surface area contributed by atoms with Gasteiger partial charge in [0.25, 0.3) is 0 Å². The van der Waals surface area contributed by atoms with Gasteiger partial charge in [-0.25, -0.2) is 0 Å². The van der Waals surface area contributed by atoms with Crippen LogP contribution in [0, 0.1) is 19.8 Å². The van der Waals surface area contributed by atoms with E-state index in [1.54, 1.807) is 0 Å². The molecule has 0 amide bonds. The zero-order valence-corrected chi connectivity index (χ0v) is 16.9. The van der Waals surface area contributed by atoms with E-state index in [4.69, 9.17) is 4.99 Å². The molecule has 0 saturated carbocycles. The molecule has 4 nitrogen and oxygen atoms in total. The van der Waals surface area contributed by atoms with Gasteiger partial charge in [0.1, 0.15) is 0 Å². The Labute approximate surface area is 159 Å². The Hall–Kier alpha value is -1.55. The monoisotopic (exact) mass is 356 g/mol. The summed E-state index contributed by atoms with van der Waals surface area (Å²) in [5, 5.41) is 3.51. The number of likely N-dealkylation sites (tertiary alicyclic amines) is 2. The standard InChI is InChI=1S/C22H36N4/c1-4-23-22(24-9-7-20-14-18(2)13-19(3)15-20)26-12-8-21(17-26)16-25-10-5-6-11-25/h13-15,21H,4-12,16-17H2,1-3H3,(H,23,24). The molecule has 1 atom stereocenters. The molecule has 0 bridgehead atoms. The number of nitrogens with zero attached hydrogens (tertiary/aromatic N) is 3. The fourth-order valence-electron chi connectivity index (χ4n) is 4.43. The van der Waals surface area contributed by atoms with E-state index in [0.717, 1.165) is 44.5 Å².